The average Bonchev–Trinajstić information content (AvgIpc) is 3.75. The quantitative estimate of drug-likeness (QED) is 0.305. The molecule has 12 heteroatoms. The molecule has 2 aromatic heterocycles. The summed E-state index contributed by atoms with van der Waals surface area (Å²) in [5.74, 6) is -0.613. The van der Waals surface area contributed by atoms with E-state index in [-0.39, 0.29) is 33.6 Å². The molecule has 2 N–H and O–H groups in total. The Hall–Kier alpha value is -3.83. The molecule has 0 bridgehead atoms. The van der Waals surface area contributed by atoms with Crippen molar-refractivity contribution >= 4 is 51.1 Å². The molecule has 3 fully saturated rings. The Morgan fingerprint density at radius 2 is 1.79 bits per heavy atom. The van der Waals surface area contributed by atoms with Gasteiger partial charge in [0.1, 0.15) is 17.2 Å². The summed E-state index contributed by atoms with van der Waals surface area (Å²) in [7, 11) is 0. The number of piperidine rings is 1. The van der Waals surface area contributed by atoms with Gasteiger partial charge in [-0.05, 0) is 50.0 Å². The Morgan fingerprint density at radius 3 is 2.50 bits per heavy atom. The van der Waals surface area contributed by atoms with Crippen LogP contribution in [0.1, 0.15) is 25.7 Å². The third-order valence-corrected chi connectivity index (χ3v) is 8.98. The van der Waals surface area contributed by atoms with Gasteiger partial charge in [0.15, 0.2) is 5.82 Å². The van der Waals surface area contributed by atoms with Crippen molar-refractivity contribution in [2.45, 2.75) is 37.8 Å². The number of piperazine rings is 1. The van der Waals surface area contributed by atoms with Crippen LogP contribution in [0.5, 0.6) is 0 Å². The van der Waals surface area contributed by atoms with Gasteiger partial charge in [-0.2, -0.15) is 10.1 Å². The number of halogens is 3. The van der Waals surface area contributed by atoms with Crippen molar-refractivity contribution in [1.82, 2.24) is 30.0 Å². The number of carbonyl (C=O) groups excluding carboxylic acids is 1. The van der Waals surface area contributed by atoms with Crippen molar-refractivity contribution in [3.8, 4) is 11.1 Å². The summed E-state index contributed by atoms with van der Waals surface area (Å²) in [5.41, 5.74) is 0.590. The maximum absolute atomic E-state index is 16.6. The van der Waals surface area contributed by atoms with Crippen LogP contribution in [-0.2, 0) is 4.79 Å². The first-order valence-corrected chi connectivity index (χ1v) is 14.8. The molecule has 0 atom stereocenters. The Balaban J connectivity index is 1.31. The van der Waals surface area contributed by atoms with E-state index < -0.39 is 11.6 Å². The van der Waals surface area contributed by atoms with Crippen LogP contribution in [0.25, 0.3) is 32.9 Å². The summed E-state index contributed by atoms with van der Waals surface area (Å²) in [6.07, 6.45) is 7.21. The van der Waals surface area contributed by atoms with Gasteiger partial charge >= 0.3 is 0 Å². The van der Waals surface area contributed by atoms with Crippen LogP contribution in [0.4, 0.5) is 20.5 Å². The highest BCUT2D eigenvalue weighted by Gasteiger charge is 2.32. The fraction of sp³-hybridized carbons (Fsp3) is 0.400. The molecule has 2 aliphatic heterocycles. The largest absolute Gasteiger partial charge is 0.352 e. The lowest BCUT2D eigenvalue weighted by Gasteiger charge is -2.36. The zero-order valence-corrected chi connectivity index (χ0v) is 23.8. The van der Waals surface area contributed by atoms with E-state index in [4.69, 9.17) is 16.6 Å². The van der Waals surface area contributed by atoms with E-state index in [0.717, 1.165) is 32.0 Å². The standard InChI is InChI=1S/C30H31ClF2N8O/c1-2-24(42)40-11-13-41(14-12-40)29-19-15-21(31)26(25-20-16-34-38-23(20)6-5-22(25)32)27(33)28(19)36-30(37-29)35-17-7-9-39(10-8-17)18-3-4-18/h2,5-6,15-18H,1,3-4,7-14H2,(H,34,38)(H,35,36,37). The number of aromatic amines is 1. The van der Waals surface area contributed by atoms with Gasteiger partial charge in [0.25, 0.3) is 0 Å². The molecule has 1 amide bonds. The molecular formula is C30H31ClF2N8O. The van der Waals surface area contributed by atoms with Crippen LogP contribution in [0, 0.1) is 11.6 Å². The van der Waals surface area contributed by atoms with Crippen molar-refractivity contribution in [3.63, 3.8) is 0 Å². The van der Waals surface area contributed by atoms with Gasteiger partial charge in [-0.25, -0.2) is 13.8 Å². The molecule has 2 saturated heterocycles. The van der Waals surface area contributed by atoms with Crippen LogP contribution in [0.2, 0.25) is 5.02 Å². The number of likely N-dealkylation sites (tertiary alicyclic amines) is 1. The van der Waals surface area contributed by atoms with Crippen LogP contribution in [-0.4, -0.2) is 87.2 Å². The maximum atomic E-state index is 16.6. The van der Waals surface area contributed by atoms with Crippen molar-refractivity contribution in [1.29, 1.82) is 0 Å². The van der Waals surface area contributed by atoms with E-state index in [0.29, 0.717) is 54.2 Å². The highest BCUT2D eigenvalue weighted by atomic mass is 35.5. The first-order chi connectivity index (χ1) is 20.4. The zero-order valence-electron chi connectivity index (χ0n) is 23.0. The summed E-state index contributed by atoms with van der Waals surface area (Å²) < 4.78 is 31.9. The number of nitrogens with one attached hydrogen (secondary N) is 2. The monoisotopic (exact) mass is 592 g/mol. The normalized spacial score (nSPS) is 18.6. The molecule has 4 aromatic rings. The Labute approximate surface area is 246 Å². The molecule has 1 saturated carbocycles. The van der Waals surface area contributed by atoms with E-state index in [1.165, 1.54) is 31.2 Å². The van der Waals surface area contributed by atoms with Crippen molar-refractivity contribution < 1.29 is 13.6 Å². The predicted octanol–water partition coefficient (Wildman–Crippen LogP) is 4.98. The number of hydrogen-bond acceptors (Lipinski definition) is 7. The molecule has 2 aromatic carbocycles. The molecule has 218 valence electrons. The van der Waals surface area contributed by atoms with Crippen molar-refractivity contribution in [2.24, 2.45) is 0 Å². The average molecular weight is 593 g/mol. The number of nitrogens with zero attached hydrogens (tertiary/aromatic N) is 6. The number of aromatic nitrogens is 4. The number of anilines is 2. The van der Waals surface area contributed by atoms with E-state index >= 15 is 8.78 Å². The van der Waals surface area contributed by atoms with E-state index in [2.05, 4.69) is 32.0 Å². The molecule has 42 heavy (non-hydrogen) atoms. The van der Waals surface area contributed by atoms with Gasteiger partial charge in [0, 0.05) is 73.3 Å². The number of rotatable bonds is 6. The number of carbonyl (C=O) groups is 1. The smallest absolute Gasteiger partial charge is 0.246 e. The Morgan fingerprint density at radius 1 is 1.02 bits per heavy atom. The molecule has 0 spiro atoms. The maximum Gasteiger partial charge on any atom is 0.246 e. The van der Waals surface area contributed by atoms with Crippen molar-refractivity contribution in [2.75, 3.05) is 49.5 Å². The molecule has 0 unspecified atom stereocenters. The minimum absolute atomic E-state index is 0.0318. The fourth-order valence-corrected chi connectivity index (χ4v) is 6.55. The number of benzene rings is 2. The van der Waals surface area contributed by atoms with Crippen LogP contribution >= 0.6 is 11.6 Å². The number of H-pyrrole nitrogens is 1. The van der Waals surface area contributed by atoms with E-state index in [1.54, 1.807) is 17.0 Å². The summed E-state index contributed by atoms with van der Waals surface area (Å²) in [6, 6.07) is 5.31. The van der Waals surface area contributed by atoms with Crippen LogP contribution < -0.4 is 10.2 Å². The first-order valence-electron chi connectivity index (χ1n) is 14.4. The van der Waals surface area contributed by atoms with Gasteiger partial charge < -0.3 is 20.0 Å². The summed E-state index contributed by atoms with van der Waals surface area (Å²) in [6.45, 7) is 7.53. The molecule has 0 radical (unpaired) electrons. The number of hydrogen-bond donors (Lipinski definition) is 2. The summed E-state index contributed by atoms with van der Waals surface area (Å²) in [5, 5.41) is 11.2. The lowest BCUT2D eigenvalue weighted by molar-refractivity contribution is -0.126. The highest BCUT2D eigenvalue weighted by Crippen LogP contribution is 2.42. The van der Waals surface area contributed by atoms with Gasteiger partial charge in [0.05, 0.1) is 16.7 Å². The second kappa shape index (κ2) is 10.8. The molecule has 1 aliphatic carbocycles. The fourth-order valence-electron chi connectivity index (χ4n) is 6.26. The topological polar surface area (TPSA) is 93.3 Å². The first kappa shape index (κ1) is 27.0. The van der Waals surface area contributed by atoms with E-state index in [9.17, 15) is 4.79 Å². The lowest BCUT2D eigenvalue weighted by atomic mass is 9.98. The number of fused-ring (bicyclic) bond motifs is 2. The Bertz CT molecular complexity index is 1690. The van der Waals surface area contributed by atoms with Gasteiger partial charge in [-0.1, -0.05) is 18.2 Å². The minimum Gasteiger partial charge on any atom is -0.352 e. The third kappa shape index (κ3) is 4.84. The molecule has 7 rings (SSSR count). The number of amides is 1. The summed E-state index contributed by atoms with van der Waals surface area (Å²) in [4.78, 5) is 28.0. The predicted molar refractivity (Wildman–Crippen MR) is 160 cm³/mol. The second-order valence-corrected chi connectivity index (χ2v) is 11.7. The third-order valence-electron chi connectivity index (χ3n) is 8.68. The van der Waals surface area contributed by atoms with Gasteiger partial charge in [-0.15, -0.1) is 0 Å². The minimum atomic E-state index is -0.721. The SMILES string of the molecule is C=CC(=O)N1CCN(c2nc(NC3CCN(C4CC4)CC3)nc3c(F)c(-c4c(F)ccc5[nH]ncc45)c(Cl)cc23)CC1. The van der Waals surface area contributed by atoms with Gasteiger partial charge in [0.2, 0.25) is 11.9 Å². The lowest BCUT2D eigenvalue weighted by Crippen LogP contribution is -2.48. The second-order valence-electron chi connectivity index (χ2n) is 11.3. The van der Waals surface area contributed by atoms with Gasteiger partial charge in [-0.3, -0.25) is 9.89 Å². The molecule has 9 nitrogen and oxygen atoms in total. The molecule has 4 heterocycles. The molecular weight excluding hydrogens is 562 g/mol. The van der Waals surface area contributed by atoms with Crippen LogP contribution in [0.15, 0.2) is 37.1 Å². The summed E-state index contributed by atoms with van der Waals surface area (Å²) >= 11 is 6.72. The highest BCUT2D eigenvalue weighted by molar-refractivity contribution is 6.35. The van der Waals surface area contributed by atoms with E-state index in [1.807, 2.05) is 4.90 Å². The van der Waals surface area contributed by atoms with Crippen molar-refractivity contribution in [3.05, 3.63) is 53.7 Å². The molecule has 3 aliphatic rings. The Kier molecular flexibility index (Phi) is 6.94. The zero-order chi connectivity index (χ0) is 29.0. The van der Waals surface area contributed by atoms with Crippen LogP contribution in [0.3, 0.4) is 0 Å².